The minimum atomic E-state index is -0.142. The number of hydrogen-bond acceptors (Lipinski definition) is 3. The van der Waals surface area contributed by atoms with E-state index in [1.165, 1.54) is 0 Å². The topological polar surface area (TPSA) is 62.1 Å². The Balaban J connectivity index is 2.67. The second-order valence-electron chi connectivity index (χ2n) is 4.12. The second kappa shape index (κ2) is 7.00. The van der Waals surface area contributed by atoms with E-state index in [2.05, 4.69) is 5.32 Å². The molecule has 0 heterocycles. The molecule has 5 heteroatoms. The first-order chi connectivity index (χ1) is 8.56. The van der Waals surface area contributed by atoms with Crippen molar-refractivity contribution in [1.82, 2.24) is 0 Å². The number of carbonyl (C=O) groups is 1. The number of nitrogens with one attached hydrogen (secondary N) is 1. The zero-order valence-electron chi connectivity index (χ0n) is 10.4. The molecule has 0 aliphatic rings. The van der Waals surface area contributed by atoms with Gasteiger partial charge in [-0.25, -0.2) is 0 Å². The summed E-state index contributed by atoms with van der Waals surface area (Å²) in [6.07, 6.45) is 0.348. The lowest BCUT2D eigenvalue weighted by Crippen LogP contribution is -2.17. The fourth-order valence-electron chi connectivity index (χ4n) is 1.55. The second-order valence-corrected chi connectivity index (χ2v) is 4.53. The summed E-state index contributed by atoms with van der Waals surface area (Å²) in [6, 6.07) is 6.75. The van der Waals surface area contributed by atoms with Gasteiger partial charge < -0.3 is 10.1 Å². The number of benzene rings is 1. The fourth-order valence-corrected chi connectivity index (χ4v) is 1.72. The largest absolute Gasteiger partial charge is 0.384 e. The molecule has 0 aliphatic heterocycles. The van der Waals surface area contributed by atoms with Gasteiger partial charge in [0.25, 0.3) is 0 Å². The highest BCUT2D eigenvalue weighted by atomic mass is 35.5. The van der Waals surface area contributed by atoms with Gasteiger partial charge in [-0.05, 0) is 24.1 Å². The van der Waals surface area contributed by atoms with Gasteiger partial charge in [0, 0.05) is 20.1 Å². The zero-order valence-corrected chi connectivity index (χ0v) is 11.1. The van der Waals surface area contributed by atoms with Crippen LogP contribution in [0.1, 0.15) is 18.9 Å². The number of anilines is 1. The summed E-state index contributed by atoms with van der Waals surface area (Å²) in [4.78, 5) is 11.7. The highest BCUT2D eigenvalue weighted by molar-refractivity contribution is 6.33. The van der Waals surface area contributed by atoms with Crippen molar-refractivity contribution in [2.24, 2.45) is 5.92 Å². The van der Waals surface area contributed by atoms with Crippen LogP contribution in [0, 0.1) is 17.2 Å². The summed E-state index contributed by atoms with van der Waals surface area (Å²) >= 11 is 5.95. The van der Waals surface area contributed by atoms with Gasteiger partial charge in [-0.2, -0.15) is 5.26 Å². The van der Waals surface area contributed by atoms with E-state index in [-0.39, 0.29) is 11.8 Å². The molecule has 1 aromatic carbocycles. The molecule has 18 heavy (non-hydrogen) atoms. The maximum atomic E-state index is 11.7. The van der Waals surface area contributed by atoms with Gasteiger partial charge in [-0.1, -0.05) is 18.5 Å². The normalized spacial score (nSPS) is 11.7. The first kappa shape index (κ1) is 14.5. The van der Waals surface area contributed by atoms with Crippen LogP contribution >= 0.6 is 11.6 Å². The van der Waals surface area contributed by atoms with Crippen LogP contribution in [0.4, 0.5) is 5.69 Å². The first-order valence-electron chi connectivity index (χ1n) is 5.55. The molecule has 0 aliphatic carbocycles. The Morgan fingerprint density at radius 1 is 1.61 bits per heavy atom. The van der Waals surface area contributed by atoms with E-state index >= 15 is 0 Å². The van der Waals surface area contributed by atoms with Crippen LogP contribution in [0.15, 0.2) is 18.2 Å². The summed E-state index contributed by atoms with van der Waals surface area (Å²) in [5.74, 6) is -0.00975. The third kappa shape index (κ3) is 4.36. The van der Waals surface area contributed by atoms with E-state index < -0.39 is 0 Å². The van der Waals surface area contributed by atoms with Crippen molar-refractivity contribution in [1.29, 1.82) is 5.26 Å². The number of ether oxygens (including phenoxy) is 1. The summed E-state index contributed by atoms with van der Waals surface area (Å²) in [5, 5.41) is 11.9. The van der Waals surface area contributed by atoms with Gasteiger partial charge in [0.15, 0.2) is 0 Å². The van der Waals surface area contributed by atoms with Crippen molar-refractivity contribution in [3.8, 4) is 6.07 Å². The average molecular weight is 267 g/mol. The smallest absolute Gasteiger partial charge is 0.224 e. The Morgan fingerprint density at radius 3 is 2.94 bits per heavy atom. The van der Waals surface area contributed by atoms with E-state index in [0.29, 0.717) is 29.3 Å². The third-order valence-corrected chi connectivity index (χ3v) is 2.68. The highest BCUT2D eigenvalue weighted by Crippen LogP contribution is 2.23. The Morgan fingerprint density at radius 2 is 2.33 bits per heavy atom. The fraction of sp³-hybridized carbons (Fsp3) is 0.385. The first-order valence-corrected chi connectivity index (χ1v) is 5.93. The van der Waals surface area contributed by atoms with E-state index in [4.69, 9.17) is 21.6 Å². The zero-order chi connectivity index (χ0) is 13.5. The molecular formula is C13H15ClN2O2. The molecule has 1 N–H and O–H groups in total. The molecular weight excluding hydrogens is 252 g/mol. The van der Waals surface area contributed by atoms with Gasteiger partial charge in [-0.15, -0.1) is 0 Å². The van der Waals surface area contributed by atoms with Crippen molar-refractivity contribution in [2.75, 3.05) is 19.0 Å². The van der Waals surface area contributed by atoms with Crippen LogP contribution in [-0.4, -0.2) is 19.6 Å². The van der Waals surface area contributed by atoms with Crippen LogP contribution < -0.4 is 5.32 Å². The molecule has 0 saturated carbocycles. The predicted octanol–water partition coefficient (Wildman–Crippen LogP) is 2.82. The molecule has 1 amide bonds. The Bertz CT molecular complexity index is 469. The minimum absolute atomic E-state index is 0.132. The highest BCUT2D eigenvalue weighted by Gasteiger charge is 2.11. The number of nitrogens with zero attached hydrogens (tertiary/aromatic N) is 1. The summed E-state index contributed by atoms with van der Waals surface area (Å²) in [6.45, 7) is 2.45. The van der Waals surface area contributed by atoms with Crippen LogP contribution in [0.2, 0.25) is 5.02 Å². The van der Waals surface area contributed by atoms with Gasteiger partial charge in [-0.3, -0.25) is 4.79 Å². The number of hydrogen-bond donors (Lipinski definition) is 1. The summed E-state index contributed by atoms with van der Waals surface area (Å²) in [5.41, 5.74) is 0.921. The monoisotopic (exact) mass is 266 g/mol. The van der Waals surface area contributed by atoms with Crippen molar-refractivity contribution in [3.05, 3.63) is 28.8 Å². The van der Waals surface area contributed by atoms with E-state index in [9.17, 15) is 4.79 Å². The van der Waals surface area contributed by atoms with Crippen LogP contribution in [0.25, 0.3) is 0 Å². The molecule has 96 valence electrons. The number of carbonyl (C=O) groups excluding carboxylic acids is 1. The van der Waals surface area contributed by atoms with Crippen LogP contribution in [0.3, 0.4) is 0 Å². The number of nitriles is 1. The van der Waals surface area contributed by atoms with Gasteiger partial charge in [0.1, 0.15) is 0 Å². The molecule has 1 aromatic rings. The number of halogens is 1. The molecule has 4 nitrogen and oxygen atoms in total. The van der Waals surface area contributed by atoms with E-state index in [1.807, 2.05) is 13.0 Å². The summed E-state index contributed by atoms with van der Waals surface area (Å²) in [7, 11) is 1.60. The predicted molar refractivity (Wildman–Crippen MR) is 70.5 cm³/mol. The Labute approximate surface area is 112 Å². The lowest BCUT2D eigenvalue weighted by molar-refractivity contribution is -0.117. The van der Waals surface area contributed by atoms with E-state index in [1.54, 1.807) is 25.3 Å². The van der Waals surface area contributed by atoms with Gasteiger partial charge in [0.2, 0.25) is 5.91 Å². The molecule has 0 radical (unpaired) electrons. The lowest BCUT2D eigenvalue weighted by atomic mass is 10.1. The number of methoxy groups -OCH3 is 1. The molecule has 1 unspecified atom stereocenters. The Hall–Kier alpha value is -1.57. The third-order valence-electron chi connectivity index (χ3n) is 2.35. The molecule has 1 atom stereocenters. The quantitative estimate of drug-likeness (QED) is 0.891. The van der Waals surface area contributed by atoms with Crippen LogP contribution in [-0.2, 0) is 9.53 Å². The van der Waals surface area contributed by atoms with Crippen LogP contribution in [0.5, 0.6) is 0 Å². The molecule has 1 rings (SSSR count). The Kier molecular flexibility index (Phi) is 5.63. The standard InChI is InChI=1S/C13H15ClN2O2/c1-9(8-18-2)5-13(17)16-12-6-10(7-15)3-4-11(12)14/h3-4,6,9H,5,8H2,1-2H3,(H,16,17). The van der Waals surface area contributed by atoms with Crippen molar-refractivity contribution >= 4 is 23.2 Å². The van der Waals surface area contributed by atoms with Crippen molar-refractivity contribution in [2.45, 2.75) is 13.3 Å². The molecule has 0 spiro atoms. The number of amides is 1. The molecule has 0 aromatic heterocycles. The molecule has 0 fully saturated rings. The molecule has 0 bridgehead atoms. The lowest BCUT2D eigenvalue weighted by Gasteiger charge is -2.11. The average Bonchev–Trinajstić information content (AvgIpc) is 2.32. The summed E-state index contributed by atoms with van der Waals surface area (Å²) < 4.78 is 4.97. The van der Waals surface area contributed by atoms with Gasteiger partial charge in [0.05, 0.1) is 22.3 Å². The SMILES string of the molecule is COCC(C)CC(=O)Nc1cc(C#N)ccc1Cl. The van der Waals surface area contributed by atoms with E-state index in [0.717, 1.165) is 0 Å². The van der Waals surface area contributed by atoms with Crippen molar-refractivity contribution in [3.63, 3.8) is 0 Å². The molecule has 0 saturated heterocycles. The number of rotatable bonds is 5. The van der Waals surface area contributed by atoms with Crippen molar-refractivity contribution < 1.29 is 9.53 Å². The minimum Gasteiger partial charge on any atom is -0.384 e. The maximum absolute atomic E-state index is 11.7. The van der Waals surface area contributed by atoms with Gasteiger partial charge >= 0.3 is 0 Å². The maximum Gasteiger partial charge on any atom is 0.224 e.